The van der Waals surface area contributed by atoms with E-state index < -0.39 is 5.60 Å². The summed E-state index contributed by atoms with van der Waals surface area (Å²) in [6.45, 7) is 5.42. The number of pyridine rings is 1. The predicted octanol–water partition coefficient (Wildman–Crippen LogP) is 2.06. The Morgan fingerprint density at radius 2 is 2.13 bits per heavy atom. The van der Waals surface area contributed by atoms with Gasteiger partial charge in [0, 0.05) is 32.4 Å². The molecular weight excluding hydrogens is 290 g/mol. The Bertz CT molecular complexity index is 522. The zero-order valence-corrected chi connectivity index (χ0v) is 13.9. The van der Waals surface area contributed by atoms with E-state index >= 15 is 0 Å². The fraction of sp³-hybridized carbons (Fsp3) is 0.667. The molecule has 5 heteroatoms. The molecule has 2 aliphatic rings. The molecule has 3 rings (SSSR count). The van der Waals surface area contributed by atoms with E-state index in [1.807, 2.05) is 36.2 Å². The summed E-state index contributed by atoms with van der Waals surface area (Å²) in [5.74, 6) is 1.50. The first-order valence-corrected chi connectivity index (χ1v) is 8.80. The number of rotatable bonds is 5. The quantitative estimate of drug-likeness (QED) is 0.903. The molecule has 1 aliphatic heterocycles. The van der Waals surface area contributed by atoms with Crippen LogP contribution in [0.4, 0.5) is 5.82 Å². The van der Waals surface area contributed by atoms with Crippen LogP contribution in [0.2, 0.25) is 0 Å². The van der Waals surface area contributed by atoms with Gasteiger partial charge in [-0.2, -0.15) is 0 Å². The normalized spacial score (nSPS) is 20.9. The number of aromatic nitrogens is 1. The number of amides is 1. The highest BCUT2D eigenvalue weighted by Crippen LogP contribution is 2.34. The molecule has 1 aromatic heterocycles. The van der Waals surface area contributed by atoms with E-state index in [0.29, 0.717) is 25.3 Å². The predicted molar refractivity (Wildman–Crippen MR) is 90.2 cm³/mol. The van der Waals surface area contributed by atoms with Gasteiger partial charge in [-0.25, -0.2) is 4.98 Å². The van der Waals surface area contributed by atoms with Crippen LogP contribution < -0.4 is 4.90 Å². The number of carbonyl (C=O) groups is 1. The van der Waals surface area contributed by atoms with Crippen LogP contribution >= 0.6 is 0 Å². The van der Waals surface area contributed by atoms with E-state index in [2.05, 4.69) is 9.88 Å². The van der Waals surface area contributed by atoms with Gasteiger partial charge in [-0.05, 0) is 57.1 Å². The van der Waals surface area contributed by atoms with Gasteiger partial charge >= 0.3 is 0 Å². The van der Waals surface area contributed by atoms with Gasteiger partial charge < -0.3 is 14.9 Å². The smallest absolute Gasteiger partial charge is 0.254 e. The van der Waals surface area contributed by atoms with Crippen LogP contribution in [0.15, 0.2) is 24.4 Å². The van der Waals surface area contributed by atoms with E-state index in [-0.39, 0.29) is 5.91 Å². The van der Waals surface area contributed by atoms with Gasteiger partial charge in [-0.15, -0.1) is 0 Å². The third-order valence-electron chi connectivity index (χ3n) is 5.31. The molecule has 0 bridgehead atoms. The van der Waals surface area contributed by atoms with Crippen molar-refractivity contribution in [3.8, 4) is 0 Å². The number of anilines is 1. The zero-order valence-electron chi connectivity index (χ0n) is 13.9. The minimum absolute atomic E-state index is 0.0570. The van der Waals surface area contributed by atoms with Gasteiger partial charge in [-0.1, -0.05) is 6.07 Å². The Labute approximate surface area is 138 Å². The second-order valence-electron chi connectivity index (χ2n) is 6.85. The first kappa shape index (κ1) is 16.2. The molecular formula is C18H27N3O2. The summed E-state index contributed by atoms with van der Waals surface area (Å²) in [6, 6.07) is 6.01. The van der Waals surface area contributed by atoms with E-state index in [1.54, 1.807) is 0 Å². The van der Waals surface area contributed by atoms with Gasteiger partial charge in [0.25, 0.3) is 5.91 Å². The second kappa shape index (κ2) is 6.87. The van der Waals surface area contributed by atoms with Crippen molar-refractivity contribution in [2.45, 2.75) is 44.6 Å². The SMILES string of the molecule is CCN(CC1CCN(c2ccccn2)CC1)C(=O)C1(O)CCC1. The third-order valence-corrected chi connectivity index (χ3v) is 5.31. The molecule has 0 unspecified atom stereocenters. The van der Waals surface area contributed by atoms with Crippen molar-refractivity contribution < 1.29 is 9.90 Å². The van der Waals surface area contributed by atoms with Crippen LogP contribution in [-0.4, -0.2) is 52.7 Å². The molecule has 1 saturated heterocycles. The molecule has 1 aliphatic carbocycles. The monoisotopic (exact) mass is 317 g/mol. The molecule has 1 aromatic rings. The fourth-order valence-corrected chi connectivity index (χ4v) is 3.57. The number of hydrogen-bond donors (Lipinski definition) is 1. The molecule has 1 amide bonds. The molecule has 1 saturated carbocycles. The highest BCUT2D eigenvalue weighted by atomic mass is 16.3. The second-order valence-corrected chi connectivity index (χ2v) is 6.85. The minimum atomic E-state index is -1.06. The maximum absolute atomic E-state index is 12.5. The molecule has 126 valence electrons. The van der Waals surface area contributed by atoms with E-state index in [4.69, 9.17) is 0 Å². The molecule has 0 spiro atoms. The van der Waals surface area contributed by atoms with E-state index in [0.717, 1.165) is 44.7 Å². The Kier molecular flexibility index (Phi) is 4.85. The summed E-state index contributed by atoms with van der Waals surface area (Å²) in [6.07, 6.45) is 6.18. The van der Waals surface area contributed by atoms with Crippen LogP contribution in [0.5, 0.6) is 0 Å². The number of carbonyl (C=O) groups excluding carboxylic acids is 1. The molecule has 0 atom stereocenters. The summed E-state index contributed by atoms with van der Waals surface area (Å²) in [5, 5.41) is 10.3. The summed E-state index contributed by atoms with van der Waals surface area (Å²) in [7, 11) is 0. The van der Waals surface area contributed by atoms with Crippen LogP contribution in [0.3, 0.4) is 0 Å². The number of nitrogens with zero attached hydrogens (tertiary/aromatic N) is 3. The van der Waals surface area contributed by atoms with Gasteiger partial charge in [0.2, 0.25) is 0 Å². The minimum Gasteiger partial charge on any atom is -0.380 e. The standard InChI is InChI=1S/C18H27N3O2/c1-2-20(17(22)18(23)9-5-10-18)14-15-7-12-21(13-8-15)16-6-3-4-11-19-16/h3-4,6,11,15,23H,2,5,7-10,12-14H2,1H3. The lowest BCUT2D eigenvalue weighted by molar-refractivity contribution is -0.160. The van der Waals surface area contributed by atoms with Crippen molar-refractivity contribution in [1.29, 1.82) is 0 Å². The Morgan fingerprint density at radius 1 is 1.39 bits per heavy atom. The highest BCUT2D eigenvalue weighted by Gasteiger charge is 2.44. The largest absolute Gasteiger partial charge is 0.380 e. The first-order valence-electron chi connectivity index (χ1n) is 8.80. The number of hydrogen-bond acceptors (Lipinski definition) is 4. The van der Waals surface area contributed by atoms with Crippen molar-refractivity contribution >= 4 is 11.7 Å². The van der Waals surface area contributed by atoms with Crippen LogP contribution in [0.25, 0.3) is 0 Å². The molecule has 2 fully saturated rings. The summed E-state index contributed by atoms with van der Waals surface area (Å²) >= 11 is 0. The van der Waals surface area contributed by atoms with E-state index in [1.165, 1.54) is 0 Å². The van der Waals surface area contributed by atoms with Crippen molar-refractivity contribution in [3.05, 3.63) is 24.4 Å². The van der Waals surface area contributed by atoms with Crippen molar-refractivity contribution in [2.24, 2.45) is 5.92 Å². The van der Waals surface area contributed by atoms with Crippen molar-refractivity contribution in [2.75, 3.05) is 31.1 Å². The number of likely N-dealkylation sites (N-methyl/N-ethyl adjacent to an activating group) is 1. The van der Waals surface area contributed by atoms with Crippen LogP contribution in [0, 0.1) is 5.92 Å². The lowest BCUT2D eigenvalue weighted by Gasteiger charge is -2.41. The molecule has 2 heterocycles. The summed E-state index contributed by atoms with van der Waals surface area (Å²) in [4.78, 5) is 21.1. The molecule has 0 radical (unpaired) electrons. The fourth-order valence-electron chi connectivity index (χ4n) is 3.57. The zero-order chi connectivity index (χ0) is 16.3. The van der Waals surface area contributed by atoms with Gasteiger partial charge in [-0.3, -0.25) is 4.79 Å². The lowest BCUT2D eigenvalue weighted by atomic mass is 9.79. The summed E-state index contributed by atoms with van der Waals surface area (Å²) in [5.41, 5.74) is -1.06. The van der Waals surface area contributed by atoms with Gasteiger partial charge in [0.15, 0.2) is 0 Å². The maximum atomic E-state index is 12.5. The summed E-state index contributed by atoms with van der Waals surface area (Å²) < 4.78 is 0. The number of piperidine rings is 1. The van der Waals surface area contributed by atoms with Crippen LogP contribution in [-0.2, 0) is 4.79 Å². The molecule has 1 N–H and O–H groups in total. The average molecular weight is 317 g/mol. The first-order chi connectivity index (χ1) is 11.1. The van der Waals surface area contributed by atoms with Crippen molar-refractivity contribution in [1.82, 2.24) is 9.88 Å². The van der Waals surface area contributed by atoms with E-state index in [9.17, 15) is 9.90 Å². The molecule has 0 aromatic carbocycles. The topological polar surface area (TPSA) is 56.7 Å². The van der Waals surface area contributed by atoms with Crippen molar-refractivity contribution in [3.63, 3.8) is 0 Å². The lowest BCUT2D eigenvalue weighted by Crippen LogP contribution is -2.54. The number of aliphatic hydroxyl groups is 1. The Balaban J connectivity index is 1.52. The third kappa shape index (κ3) is 3.50. The van der Waals surface area contributed by atoms with Gasteiger partial charge in [0.05, 0.1) is 0 Å². The molecule has 23 heavy (non-hydrogen) atoms. The Morgan fingerprint density at radius 3 is 2.65 bits per heavy atom. The maximum Gasteiger partial charge on any atom is 0.254 e. The average Bonchev–Trinajstić information content (AvgIpc) is 2.58. The highest BCUT2D eigenvalue weighted by molar-refractivity contribution is 5.85. The van der Waals surface area contributed by atoms with Crippen LogP contribution in [0.1, 0.15) is 39.0 Å². The molecule has 5 nitrogen and oxygen atoms in total. The Hall–Kier alpha value is -1.62. The van der Waals surface area contributed by atoms with Gasteiger partial charge in [0.1, 0.15) is 11.4 Å².